The van der Waals surface area contributed by atoms with Gasteiger partial charge in [-0.15, -0.1) is 18.3 Å². The Balaban J connectivity index is 1.25. The van der Waals surface area contributed by atoms with Crippen LogP contribution in [-0.2, 0) is 24.4 Å². The minimum absolute atomic E-state index is 0.124. The molecular formula is C27H29F5N6O4. The number of hydrogen-bond acceptors (Lipinski definition) is 6. The third kappa shape index (κ3) is 8.60. The summed E-state index contributed by atoms with van der Waals surface area (Å²) >= 11 is 0. The van der Waals surface area contributed by atoms with Crippen LogP contribution >= 0.6 is 0 Å². The highest BCUT2D eigenvalue weighted by molar-refractivity contribution is 5.92. The summed E-state index contributed by atoms with van der Waals surface area (Å²) in [6.45, 7) is -0.572. The van der Waals surface area contributed by atoms with Gasteiger partial charge in [0.1, 0.15) is 11.9 Å². The summed E-state index contributed by atoms with van der Waals surface area (Å²) < 4.78 is 72.4. The number of pyridine rings is 1. The van der Waals surface area contributed by atoms with Crippen LogP contribution in [0.1, 0.15) is 54.6 Å². The van der Waals surface area contributed by atoms with Gasteiger partial charge >= 0.3 is 6.36 Å². The van der Waals surface area contributed by atoms with E-state index in [1.807, 2.05) is 0 Å². The van der Waals surface area contributed by atoms with Crippen LogP contribution in [0.5, 0.6) is 5.75 Å². The maximum absolute atomic E-state index is 14.7. The lowest BCUT2D eigenvalue weighted by molar-refractivity contribution is -0.274. The van der Waals surface area contributed by atoms with Crippen LogP contribution in [0.4, 0.5) is 27.6 Å². The van der Waals surface area contributed by atoms with E-state index in [-0.39, 0.29) is 49.3 Å². The fourth-order valence-corrected chi connectivity index (χ4v) is 4.61. The molecule has 226 valence electrons. The molecule has 2 amide bonds. The third-order valence-electron chi connectivity index (χ3n) is 6.76. The van der Waals surface area contributed by atoms with E-state index in [0.29, 0.717) is 5.56 Å². The van der Waals surface area contributed by atoms with Crippen molar-refractivity contribution in [2.45, 2.75) is 70.7 Å². The summed E-state index contributed by atoms with van der Waals surface area (Å²) in [7, 11) is 0. The van der Waals surface area contributed by atoms with Crippen molar-refractivity contribution in [1.82, 2.24) is 24.9 Å². The van der Waals surface area contributed by atoms with E-state index >= 15 is 0 Å². The number of carbonyl (C=O) groups excluding carboxylic acids is 2. The molecule has 0 spiro atoms. The van der Waals surface area contributed by atoms with Gasteiger partial charge in [0, 0.05) is 25.2 Å². The molecule has 4 rings (SSSR count). The lowest BCUT2D eigenvalue weighted by Crippen LogP contribution is -2.29. The predicted octanol–water partition coefficient (Wildman–Crippen LogP) is 4.35. The van der Waals surface area contributed by atoms with E-state index in [4.69, 9.17) is 0 Å². The SMILES string of the molecule is O=C(NCc1cccc(OC(F)(F)F)c1)c1cn(CC(F)CCn2ccc(NC(=O)C3CCCCC3)c(F)c2=O)nn1. The number of rotatable bonds is 11. The van der Waals surface area contributed by atoms with Crippen LogP contribution in [-0.4, -0.2) is 43.9 Å². The standard InChI is InChI=1S/C27H29F5N6O4/c28-19(9-11-37-12-10-21(23(29)26(37)41)34-24(39)18-6-2-1-3-7-18)15-38-16-22(35-36-38)25(40)33-14-17-5-4-8-20(13-17)42-27(30,31)32/h4-5,8,10,12-13,16,18-19H,1-3,6-7,9,11,14-15H2,(H,33,40)(H,34,39). The number of aromatic nitrogens is 4. The van der Waals surface area contributed by atoms with Crippen LogP contribution < -0.4 is 20.9 Å². The Bertz CT molecular complexity index is 1450. The number of benzene rings is 1. The van der Waals surface area contributed by atoms with Crippen LogP contribution in [0, 0.1) is 11.7 Å². The molecule has 1 fully saturated rings. The van der Waals surface area contributed by atoms with Gasteiger partial charge in [0.2, 0.25) is 11.7 Å². The van der Waals surface area contributed by atoms with Gasteiger partial charge in [-0.25, -0.2) is 9.07 Å². The van der Waals surface area contributed by atoms with Crippen LogP contribution in [0.2, 0.25) is 0 Å². The van der Waals surface area contributed by atoms with Crippen molar-refractivity contribution < 1.29 is 36.3 Å². The maximum atomic E-state index is 14.7. The van der Waals surface area contributed by atoms with Crippen molar-refractivity contribution >= 4 is 17.5 Å². The molecule has 1 aliphatic rings. The van der Waals surface area contributed by atoms with Crippen LogP contribution in [0.15, 0.2) is 47.5 Å². The highest BCUT2D eigenvalue weighted by Crippen LogP contribution is 2.25. The molecule has 2 heterocycles. The van der Waals surface area contributed by atoms with Crippen molar-refractivity contribution in [2.24, 2.45) is 5.92 Å². The number of amides is 2. The predicted molar refractivity (Wildman–Crippen MR) is 140 cm³/mol. The molecule has 1 aliphatic carbocycles. The number of anilines is 1. The fourth-order valence-electron chi connectivity index (χ4n) is 4.61. The average Bonchev–Trinajstić information content (AvgIpc) is 3.42. The van der Waals surface area contributed by atoms with Gasteiger partial charge in [0.15, 0.2) is 5.69 Å². The van der Waals surface area contributed by atoms with E-state index in [1.165, 1.54) is 30.6 Å². The first-order chi connectivity index (χ1) is 20.0. The zero-order valence-electron chi connectivity index (χ0n) is 22.4. The van der Waals surface area contributed by atoms with Gasteiger partial charge in [0.05, 0.1) is 18.4 Å². The molecule has 42 heavy (non-hydrogen) atoms. The molecule has 0 aliphatic heterocycles. The first-order valence-electron chi connectivity index (χ1n) is 13.4. The second kappa shape index (κ2) is 13.6. The molecular weight excluding hydrogens is 567 g/mol. The van der Waals surface area contributed by atoms with Crippen molar-refractivity contribution in [3.8, 4) is 5.75 Å². The summed E-state index contributed by atoms with van der Waals surface area (Å²) in [5, 5.41) is 12.3. The van der Waals surface area contributed by atoms with E-state index < -0.39 is 35.6 Å². The molecule has 1 saturated carbocycles. The molecule has 1 unspecified atom stereocenters. The van der Waals surface area contributed by atoms with Gasteiger partial charge in [0.25, 0.3) is 11.5 Å². The van der Waals surface area contributed by atoms with Gasteiger partial charge in [-0.1, -0.05) is 36.6 Å². The molecule has 15 heteroatoms. The largest absolute Gasteiger partial charge is 0.573 e. The van der Waals surface area contributed by atoms with E-state index in [1.54, 1.807) is 0 Å². The molecule has 0 radical (unpaired) electrons. The molecule has 3 aromatic rings. The zero-order valence-corrected chi connectivity index (χ0v) is 22.4. The second-order valence-corrected chi connectivity index (χ2v) is 9.96. The summed E-state index contributed by atoms with van der Waals surface area (Å²) in [6, 6.07) is 6.35. The van der Waals surface area contributed by atoms with E-state index in [0.717, 1.165) is 53.5 Å². The summed E-state index contributed by atoms with van der Waals surface area (Å²) in [4.78, 5) is 37.2. The number of hydrogen-bond donors (Lipinski definition) is 2. The summed E-state index contributed by atoms with van der Waals surface area (Å²) in [5.41, 5.74) is -1.00. The Labute approximate surface area is 236 Å². The van der Waals surface area contributed by atoms with Crippen molar-refractivity contribution in [3.63, 3.8) is 0 Å². The zero-order chi connectivity index (χ0) is 30.3. The lowest BCUT2D eigenvalue weighted by Gasteiger charge is -2.21. The molecule has 1 atom stereocenters. The molecule has 1 aromatic carbocycles. The first-order valence-corrected chi connectivity index (χ1v) is 13.4. The summed E-state index contributed by atoms with van der Waals surface area (Å²) in [5.74, 6) is -2.77. The quantitative estimate of drug-likeness (QED) is 0.318. The lowest BCUT2D eigenvalue weighted by atomic mass is 9.88. The smallest absolute Gasteiger partial charge is 0.406 e. The third-order valence-corrected chi connectivity index (χ3v) is 6.76. The van der Waals surface area contributed by atoms with Gasteiger partial charge < -0.3 is 19.9 Å². The fraction of sp³-hybridized carbons (Fsp3) is 0.444. The van der Waals surface area contributed by atoms with Gasteiger partial charge in [-0.3, -0.25) is 14.4 Å². The van der Waals surface area contributed by atoms with Crippen LogP contribution in [0.3, 0.4) is 0 Å². The molecule has 0 saturated heterocycles. The minimum atomic E-state index is -4.85. The number of aryl methyl sites for hydroxylation is 1. The Morgan fingerprint density at radius 3 is 2.64 bits per heavy atom. The highest BCUT2D eigenvalue weighted by atomic mass is 19.4. The van der Waals surface area contributed by atoms with E-state index in [2.05, 4.69) is 25.7 Å². The molecule has 2 aromatic heterocycles. The van der Waals surface area contributed by atoms with Crippen LogP contribution in [0.25, 0.3) is 0 Å². The number of halogens is 5. The molecule has 0 bridgehead atoms. The first kappa shape index (κ1) is 30.7. The Hall–Kier alpha value is -4.30. The summed E-state index contributed by atoms with van der Waals surface area (Å²) in [6.07, 6.45) is 0.289. The Morgan fingerprint density at radius 1 is 1.14 bits per heavy atom. The maximum Gasteiger partial charge on any atom is 0.573 e. The molecule has 10 nitrogen and oxygen atoms in total. The van der Waals surface area contributed by atoms with E-state index in [9.17, 15) is 36.3 Å². The second-order valence-electron chi connectivity index (χ2n) is 9.96. The Kier molecular flexibility index (Phi) is 9.91. The highest BCUT2D eigenvalue weighted by Gasteiger charge is 2.31. The minimum Gasteiger partial charge on any atom is -0.406 e. The normalized spacial score (nSPS) is 14.8. The van der Waals surface area contributed by atoms with Crippen molar-refractivity contribution in [2.75, 3.05) is 5.32 Å². The van der Waals surface area contributed by atoms with Crippen molar-refractivity contribution in [1.29, 1.82) is 0 Å². The average molecular weight is 597 g/mol. The van der Waals surface area contributed by atoms with Crippen molar-refractivity contribution in [3.05, 3.63) is 70.2 Å². The monoisotopic (exact) mass is 596 g/mol. The van der Waals surface area contributed by atoms with Gasteiger partial charge in [-0.2, -0.15) is 4.39 Å². The number of nitrogens with one attached hydrogen (secondary N) is 2. The topological polar surface area (TPSA) is 120 Å². The molecule has 2 N–H and O–H groups in total. The number of carbonyl (C=O) groups is 2. The number of ether oxygens (including phenoxy) is 1. The van der Waals surface area contributed by atoms with Gasteiger partial charge in [-0.05, 0) is 43.0 Å². The Morgan fingerprint density at radius 2 is 1.90 bits per heavy atom. The number of alkyl halides is 4. The number of nitrogens with zero attached hydrogens (tertiary/aromatic N) is 4.